The van der Waals surface area contributed by atoms with Crippen LogP contribution in [0.4, 0.5) is 0 Å². The minimum Gasteiger partial charge on any atom is -0.309 e. The minimum absolute atomic E-state index is 0.0644. The highest BCUT2D eigenvalue weighted by Crippen LogP contribution is 2.31. The third kappa shape index (κ3) is 3.95. The van der Waals surface area contributed by atoms with Crippen LogP contribution in [0.1, 0.15) is 61.3 Å². The molecule has 0 fully saturated rings. The number of H-pyrrole nitrogens is 1. The molecule has 4 nitrogen and oxygen atoms in total. The van der Waals surface area contributed by atoms with Crippen LogP contribution in [0.5, 0.6) is 0 Å². The van der Waals surface area contributed by atoms with E-state index in [1.807, 2.05) is 35.7 Å². The van der Waals surface area contributed by atoms with E-state index in [0.29, 0.717) is 11.2 Å². The van der Waals surface area contributed by atoms with Gasteiger partial charge in [0.1, 0.15) is 10.7 Å². The van der Waals surface area contributed by atoms with Gasteiger partial charge in [-0.25, -0.2) is 4.98 Å². The topological polar surface area (TPSA) is 57.8 Å². The van der Waals surface area contributed by atoms with E-state index in [4.69, 9.17) is 4.98 Å². The fourth-order valence-corrected chi connectivity index (χ4v) is 5.53. The highest BCUT2D eigenvalue weighted by Gasteiger charge is 2.18. The molecule has 0 saturated carbocycles. The average molecular weight is 430 g/mol. The Hall–Kier alpha value is -2.76. The van der Waals surface area contributed by atoms with Crippen molar-refractivity contribution in [1.29, 1.82) is 0 Å². The van der Waals surface area contributed by atoms with Crippen molar-refractivity contribution >= 4 is 21.6 Å². The number of hydrogen-bond donors (Lipinski definition) is 2. The van der Waals surface area contributed by atoms with Crippen molar-refractivity contribution in [2.75, 3.05) is 0 Å². The Morgan fingerprint density at radius 1 is 1.00 bits per heavy atom. The number of aromatic amines is 1. The molecule has 0 spiro atoms. The Morgan fingerprint density at radius 3 is 2.58 bits per heavy atom. The van der Waals surface area contributed by atoms with E-state index >= 15 is 0 Å². The monoisotopic (exact) mass is 429 g/mol. The van der Waals surface area contributed by atoms with Gasteiger partial charge in [-0.3, -0.25) is 4.79 Å². The van der Waals surface area contributed by atoms with Crippen LogP contribution in [-0.2, 0) is 12.8 Å². The number of thiophene rings is 1. The van der Waals surface area contributed by atoms with E-state index in [9.17, 15) is 4.79 Å². The van der Waals surface area contributed by atoms with Gasteiger partial charge in [0, 0.05) is 17.0 Å². The van der Waals surface area contributed by atoms with Gasteiger partial charge < -0.3 is 10.3 Å². The van der Waals surface area contributed by atoms with Gasteiger partial charge in [0.25, 0.3) is 5.56 Å². The zero-order chi connectivity index (χ0) is 21.4. The Kier molecular flexibility index (Phi) is 5.47. The SMILES string of the molecule is C[C@H](N[C@@H](C)c1nc2scc(-c3ccccc3)c2c(=O)[nH]1)c1ccc2c(c1)CCCC2. The maximum atomic E-state index is 13.0. The number of aryl methyl sites for hydroxylation is 2. The zero-order valence-corrected chi connectivity index (χ0v) is 18.8. The molecule has 158 valence electrons. The molecule has 2 heterocycles. The Morgan fingerprint density at radius 2 is 1.77 bits per heavy atom. The maximum Gasteiger partial charge on any atom is 0.260 e. The van der Waals surface area contributed by atoms with Gasteiger partial charge in [-0.2, -0.15) is 0 Å². The summed E-state index contributed by atoms with van der Waals surface area (Å²) in [6, 6.07) is 17.0. The second-order valence-electron chi connectivity index (χ2n) is 8.49. The average Bonchev–Trinajstić information content (AvgIpc) is 3.24. The highest BCUT2D eigenvalue weighted by molar-refractivity contribution is 7.17. The smallest absolute Gasteiger partial charge is 0.260 e. The van der Waals surface area contributed by atoms with Crippen LogP contribution in [0.2, 0.25) is 0 Å². The molecule has 31 heavy (non-hydrogen) atoms. The fraction of sp³-hybridized carbons (Fsp3) is 0.308. The number of rotatable bonds is 5. The lowest BCUT2D eigenvalue weighted by Gasteiger charge is -2.22. The third-order valence-corrected chi connectivity index (χ3v) is 7.20. The molecular formula is C26H27N3OS. The van der Waals surface area contributed by atoms with Crippen molar-refractivity contribution in [3.05, 3.63) is 86.8 Å². The van der Waals surface area contributed by atoms with Crippen LogP contribution in [0.15, 0.2) is 58.7 Å². The summed E-state index contributed by atoms with van der Waals surface area (Å²) in [4.78, 5) is 21.6. The molecule has 1 aliphatic rings. The van der Waals surface area contributed by atoms with E-state index in [1.165, 1.54) is 53.7 Å². The first-order valence-electron chi connectivity index (χ1n) is 11.0. The van der Waals surface area contributed by atoms with E-state index in [-0.39, 0.29) is 17.6 Å². The zero-order valence-electron chi connectivity index (χ0n) is 17.9. The van der Waals surface area contributed by atoms with Crippen LogP contribution in [0.25, 0.3) is 21.3 Å². The standard InChI is InChI=1S/C26H27N3OS/c1-16(20-13-12-18-8-6-7-11-21(18)14-20)27-17(2)24-28-25(30)23-22(15-31-26(23)29-24)19-9-4-3-5-10-19/h3-5,9-10,12-17,27H,6-8,11H2,1-2H3,(H,28,29,30)/t16-,17-/m0/s1. The summed E-state index contributed by atoms with van der Waals surface area (Å²) in [6.07, 6.45) is 4.96. The van der Waals surface area contributed by atoms with Gasteiger partial charge in [0.15, 0.2) is 0 Å². The Labute approximate surface area is 186 Å². The molecule has 1 aliphatic carbocycles. The number of fused-ring (bicyclic) bond motifs is 2. The van der Waals surface area contributed by atoms with Crippen molar-refractivity contribution in [2.24, 2.45) is 0 Å². The predicted molar refractivity (Wildman–Crippen MR) is 129 cm³/mol. The summed E-state index contributed by atoms with van der Waals surface area (Å²) >= 11 is 1.53. The summed E-state index contributed by atoms with van der Waals surface area (Å²) in [5.41, 5.74) is 6.20. The normalized spacial score (nSPS) is 15.5. The summed E-state index contributed by atoms with van der Waals surface area (Å²) in [6.45, 7) is 4.24. The predicted octanol–water partition coefficient (Wildman–Crippen LogP) is 5.94. The number of aromatic nitrogens is 2. The second kappa shape index (κ2) is 8.40. The van der Waals surface area contributed by atoms with Gasteiger partial charge in [0.05, 0.1) is 11.4 Å². The molecule has 0 amide bonds. The summed E-state index contributed by atoms with van der Waals surface area (Å²) in [5, 5.41) is 6.33. The van der Waals surface area contributed by atoms with Crippen LogP contribution >= 0.6 is 11.3 Å². The molecule has 5 rings (SSSR count). The van der Waals surface area contributed by atoms with Crippen LogP contribution < -0.4 is 10.9 Å². The van der Waals surface area contributed by atoms with Crippen LogP contribution in [-0.4, -0.2) is 9.97 Å². The van der Waals surface area contributed by atoms with E-state index < -0.39 is 0 Å². The van der Waals surface area contributed by atoms with Crippen LogP contribution in [0, 0.1) is 0 Å². The number of nitrogens with zero attached hydrogens (tertiary/aromatic N) is 1. The van der Waals surface area contributed by atoms with Gasteiger partial charge in [-0.05, 0) is 61.8 Å². The first-order chi connectivity index (χ1) is 15.1. The summed E-state index contributed by atoms with van der Waals surface area (Å²) in [5.74, 6) is 0.684. The van der Waals surface area contributed by atoms with Crippen LogP contribution in [0.3, 0.4) is 0 Å². The van der Waals surface area contributed by atoms with Gasteiger partial charge in [-0.15, -0.1) is 11.3 Å². The Balaban J connectivity index is 1.40. The molecule has 0 saturated heterocycles. The van der Waals surface area contributed by atoms with Crippen molar-refractivity contribution in [3.63, 3.8) is 0 Å². The minimum atomic E-state index is -0.0739. The molecule has 0 unspecified atom stereocenters. The van der Waals surface area contributed by atoms with Gasteiger partial charge in [0.2, 0.25) is 0 Å². The van der Waals surface area contributed by atoms with Gasteiger partial charge >= 0.3 is 0 Å². The molecular weight excluding hydrogens is 402 g/mol. The lowest BCUT2D eigenvalue weighted by Crippen LogP contribution is -2.26. The molecule has 4 aromatic rings. The molecule has 2 aromatic carbocycles. The summed E-state index contributed by atoms with van der Waals surface area (Å²) in [7, 11) is 0. The second-order valence-corrected chi connectivity index (χ2v) is 9.35. The first kappa shape index (κ1) is 20.2. The maximum absolute atomic E-state index is 13.0. The molecule has 2 atom stereocenters. The van der Waals surface area contributed by atoms with Gasteiger partial charge in [-0.1, -0.05) is 48.5 Å². The molecule has 0 bridgehead atoms. The van der Waals surface area contributed by atoms with Crippen molar-refractivity contribution in [3.8, 4) is 11.1 Å². The van der Waals surface area contributed by atoms with E-state index in [0.717, 1.165) is 16.0 Å². The third-order valence-electron chi connectivity index (χ3n) is 6.33. The quantitative estimate of drug-likeness (QED) is 0.413. The number of nitrogens with one attached hydrogen (secondary N) is 2. The van der Waals surface area contributed by atoms with Crippen molar-refractivity contribution in [1.82, 2.24) is 15.3 Å². The number of hydrogen-bond acceptors (Lipinski definition) is 4. The highest BCUT2D eigenvalue weighted by atomic mass is 32.1. The molecule has 0 radical (unpaired) electrons. The van der Waals surface area contributed by atoms with Crippen molar-refractivity contribution < 1.29 is 0 Å². The molecule has 2 N–H and O–H groups in total. The Bertz CT molecular complexity index is 1280. The lowest BCUT2D eigenvalue weighted by atomic mass is 9.89. The number of benzene rings is 2. The summed E-state index contributed by atoms with van der Waals surface area (Å²) < 4.78 is 0. The van der Waals surface area contributed by atoms with E-state index in [1.54, 1.807) is 0 Å². The molecule has 2 aromatic heterocycles. The molecule has 0 aliphatic heterocycles. The largest absolute Gasteiger partial charge is 0.309 e. The van der Waals surface area contributed by atoms with Crippen molar-refractivity contribution in [2.45, 2.75) is 51.6 Å². The van der Waals surface area contributed by atoms with E-state index in [2.05, 4.69) is 42.3 Å². The first-order valence-corrected chi connectivity index (χ1v) is 11.9. The lowest BCUT2D eigenvalue weighted by molar-refractivity contribution is 0.476. The fourth-order valence-electron chi connectivity index (χ4n) is 4.57. The molecule has 5 heteroatoms.